The summed E-state index contributed by atoms with van der Waals surface area (Å²) >= 11 is 4.87. The fourth-order valence-corrected chi connectivity index (χ4v) is 1.26. The fourth-order valence-electron chi connectivity index (χ4n) is 0.584. The Hall–Kier alpha value is -0.120. The summed E-state index contributed by atoms with van der Waals surface area (Å²) in [6.07, 6.45) is -3.23. The van der Waals surface area contributed by atoms with Crippen molar-refractivity contribution < 1.29 is 17.9 Å². The standard InChI is InChI=1S/C6H3BrF3IN2O/c7-3-4(11)12-2-13-5(3)14-1-6(8,9)10/h2H,1H2. The summed E-state index contributed by atoms with van der Waals surface area (Å²) in [5.74, 6) is -0.110. The molecule has 0 N–H and O–H groups in total. The zero-order chi connectivity index (χ0) is 10.8. The lowest BCUT2D eigenvalue weighted by molar-refractivity contribution is -0.154. The molecule has 0 aliphatic heterocycles. The lowest BCUT2D eigenvalue weighted by atomic mass is 10.6. The van der Waals surface area contributed by atoms with Crippen LogP contribution in [0.3, 0.4) is 0 Å². The maximum atomic E-state index is 11.8. The number of hydrogen-bond donors (Lipinski definition) is 0. The zero-order valence-corrected chi connectivity index (χ0v) is 10.2. The molecule has 0 bridgehead atoms. The molecule has 1 aromatic heterocycles. The van der Waals surface area contributed by atoms with Gasteiger partial charge in [0.2, 0.25) is 5.88 Å². The van der Waals surface area contributed by atoms with Crippen molar-refractivity contribution in [2.75, 3.05) is 6.61 Å². The van der Waals surface area contributed by atoms with Crippen LogP contribution < -0.4 is 4.74 Å². The van der Waals surface area contributed by atoms with Crippen LogP contribution in [0.25, 0.3) is 0 Å². The van der Waals surface area contributed by atoms with Crippen molar-refractivity contribution in [2.45, 2.75) is 6.18 Å². The van der Waals surface area contributed by atoms with Gasteiger partial charge in [-0.1, -0.05) is 0 Å². The van der Waals surface area contributed by atoms with Gasteiger partial charge in [0.25, 0.3) is 0 Å². The highest BCUT2D eigenvalue weighted by atomic mass is 127. The molecule has 0 saturated heterocycles. The maximum Gasteiger partial charge on any atom is 0.422 e. The van der Waals surface area contributed by atoms with Crippen molar-refractivity contribution in [3.63, 3.8) is 0 Å². The molecule has 8 heteroatoms. The Bertz CT molecular complexity index is 333. The van der Waals surface area contributed by atoms with Gasteiger partial charge in [-0.3, -0.25) is 0 Å². The predicted molar refractivity (Wildman–Crippen MR) is 54.0 cm³/mol. The third-order valence-corrected chi connectivity index (χ3v) is 3.36. The maximum absolute atomic E-state index is 11.8. The van der Waals surface area contributed by atoms with Crippen LogP contribution in [0.15, 0.2) is 10.8 Å². The molecular formula is C6H3BrF3IN2O. The first kappa shape index (κ1) is 12.0. The van der Waals surface area contributed by atoms with Gasteiger partial charge in [0.15, 0.2) is 6.61 Å². The minimum absolute atomic E-state index is 0.110. The van der Waals surface area contributed by atoms with Gasteiger partial charge in [0.05, 0.1) is 0 Å². The van der Waals surface area contributed by atoms with Gasteiger partial charge in [0, 0.05) is 0 Å². The van der Waals surface area contributed by atoms with E-state index in [1.54, 1.807) is 0 Å². The summed E-state index contributed by atoms with van der Waals surface area (Å²) in [7, 11) is 0. The summed E-state index contributed by atoms with van der Waals surface area (Å²) in [5.41, 5.74) is 0. The van der Waals surface area contributed by atoms with E-state index in [1.165, 1.54) is 0 Å². The first-order valence-electron chi connectivity index (χ1n) is 3.25. The number of halogens is 5. The van der Waals surface area contributed by atoms with Crippen LogP contribution >= 0.6 is 38.5 Å². The third-order valence-electron chi connectivity index (χ3n) is 1.09. The normalized spacial score (nSPS) is 11.5. The summed E-state index contributed by atoms with van der Waals surface area (Å²) in [6.45, 7) is -1.36. The molecular weight excluding hydrogens is 380 g/mol. The van der Waals surface area contributed by atoms with Crippen LogP contribution in [0.4, 0.5) is 13.2 Å². The minimum atomic E-state index is -4.37. The summed E-state index contributed by atoms with van der Waals surface area (Å²) in [6, 6.07) is 0. The quantitative estimate of drug-likeness (QED) is 0.582. The SMILES string of the molecule is FC(F)(F)COc1ncnc(I)c1Br. The second kappa shape index (κ2) is 4.60. The van der Waals surface area contributed by atoms with Gasteiger partial charge in [-0.25, -0.2) is 9.97 Å². The number of nitrogens with zero attached hydrogens (tertiary/aromatic N) is 2. The molecule has 0 radical (unpaired) electrons. The molecule has 78 valence electrons. The Morgan fingerprint density at radius 3 is 2.64 bits per heavy atom. The van der Waals surface area contributed by atoms with Gasteiger partial charge < -0.3 is 4.74 Å². The van der Waals surface area contributed by atoms with Gasteiger partial charge >= 0.3 is 6.18 Å². The molecule has 0 aliphatic carbocycles. The molecule has 1 aromatic rings. The van der Waals surface area contributed by atoms with E-state index >= 15 is 0 Å². The highest BCUT2D eigenvalue weighted by Crippen LogP contribution is 2.27. The first-order chi connectivity index (χ1) is 6.40. The largest absolute Gasteiger partial charge is 0.467 e. The molecule has 14 heavy (non-hydrogen) atoms. The fraction of sp³-hybridized carbons (Fsp3) is 0.333. The average molecular weight is 383 g/mol. The Balaban J connectivity index is 2.73. The lowest BCUT2D eigenvalue weighted by Gasteiger charge is -2.09. The van der Waals surface area contributed by atoms with E-state index in [2.05, 4.69) is 30.6 Å². The van der Waals surface area contributed by atoms with Gasteiger partial charge in [-0.05, 0) is 38.5 Å². The number of ether oxygens (including phenoxy) is 1. The van der Waals surface area contributed by atoms with E-state index in [4.69, 9.17) is 0 Å². The molecule has 0 saturated carbocycles. The Morgan fingerprint density at radius 1 is 1.43 bits per heavy atom. The molecule has 0 aromatic carbocycles. The smallest absolute Gasteiger partial charge is 0.422 e. The molecule has 3 nitrogen and oxygen atoms in total. The lowest BCUT2D eigenvalue weighted by Crippen LogP contribution is -2.20. The Kier molecular flexibility index (Phi) is 3.93. The minimum Gasteiger partial charge on any atom is -0.467 e. The molecule has 0 fully saturated rings. The molecule has 0 spiro atoms. The molecule has 1 rings (SSSR count). The second-order valence-corrected chi connectivity index (χ2v) is 4.00. The Labute approximate surface area is 99.3 Å². The first-order valence-corrected chi connectivity index (χ1v) is 5.13. The zero-order valence-electron chi connectivity index (χ0n) is 6.48. The van der Waals surface area contributed by atoms with Gasteiger partial charge in [0.1, 0.15) is 14.5 Å². The second-order valence-electron chi connectivity index (χ2n) is 2.19. The van der Waals surface area contributed by atoms with Gasteiger partial charge in [-0.15, -0.1) is 0 Å². The van der Waals surface area contributed by atoms with E-state index in [9.17, 15) is 13.2 Å². The summed E-state index contributed by atoms with van der Waals surface area (Å²) in [5, 5.41) is 0. The summed E-state index contributed by atoms with van der Waals surface area (Å²) in [4.78, 5) is 7.31. The molecule has 0 unspecified atom stereocenters. The van der Waals surface area contributed by atoms with Crippen molar-refractivity contribution in [3.05, 3.63) is 14.5 Å². The van der Waals surface area contributed by atoms with Crippen molar-refractivity contribution in [1.82, 2.24) is 9.97 Å². The van der Waals surface area contributed by atoms with E-state index in [0.717, 1.165) is 6.33 Å². The number of hydrogen-bond acceptors (Lipinski definition) is 3. The van der Waals surface area contributed by atoms with Crippen molar-refractivity contribution in [1.29, 1.82) is 0 Å². The van der Waals surface area contributed by atoms with Crippen LogP contribution in [0, 0.1) is 3.70 Å². The number of alkyl halides is 3. The highest BCUT2D eigenvalue weighted by molar-refractivity contribution is 14.1. The van der Waals surface area contributed by atoms with Crippen LogP contribution in [0.5, 0.6) is 5.88 Å². The molecule has 0 amide bonds. The van der Waals surface area contributed by atoms with Crippen molar-refractivity contribution in [2.24, 2.45) is 0 Å². The van der Waals surface area contributed by atoms with Crippen molar-refractivity contribution in [3.8, 4) is 5.88 Å². The van der Waals surface area contributed by atoms with Crippen LogP contribution in [0.2, 0.25) is 0 Å². The molecule has 1 heterocycles. The van der Waals surface area contributed by atoms with Gasteiger partial charge in [-0.2, -0.15) is 13.2 Å². The monoisotopic (exact) mass is 382 g/mol. The topological polar surface area (TPSA) is 35.0 Å². The third kappa shape index (κ3) is 3.56. The van der Waals surface area contributed by atoms with Crippen molar-refractivity contribution >= 4 is 38.5 Å². The number of rotatable bonds is 2. The van der Waals surface area contributed by atoms with E-state index < -0.39 is 12.8 Å². The molecule has 0 aliphatic rings. The van der Waals surface area contributed by atoms with E-state index in [1.807, 2.05) is 22.6 Å². The summed E-state index contributed by atoms with van der Waals surface area (Å²) < 4.78 is 40.6. The Morgan fingerprint density at radius 2 is 2.07 bits per heavy atom. The average Bonchev–Trinajstić information content (AvgIpc) is 2.06. The van der Waals surface area contributed by atoms with Crippen LogP contribution in [0.1, 0.15) is 0 Å². The molecule has 0 atom stereocenters. The van der Waals surface area contributed by atoms with E-state index in [0.29, 0.717) is 8.17 Å². The number of aromatic nitrogens is 2. The van der Waals surface area contributed by atoms with Crippen LogP contribution in [-0.4, -0.2) is 22.8 Å². The highest BCUT2D eigenvalue weighted by Gasteiger charge is 2.29. The van der Waals surface area contributed by atoms with Crippen LogP contribution in [-0.2, 0) is 0 Å². The van der Waals surface area contributed by atoms with E-state index in [-0.39, 0.29) is 5.88 Å². The predicted octanol–water partition coefficient (Wildman–Crippen LogP) is 2.78.